The molecule has 0 saturated heterocycles. The van der Waals surface area contributed by atoms with Crippen LogP contribution >= 0.6 is 0 Å². The Kier molecular flexibility index (Phi) is 5.16. The lowest BCUT2D eigenvalue weighted by molar-refractivity contribution is 0.102. The molecule has 0 aliphatic heterocycles. The van der Waals surface area contributed by atoms with Gasteiger partial charge in [0.1, 0.15) is 5.69 Å². The summed E-state index contributed by atoms with van der Waals surface area (Å²) >= 11 is 0. The molecule has 30 heavy (non-hydrogen) atoms. The molecule has 1 aromatic heterocycles. The molecule has 1 N–H and O–H groups in total. The molecule has 150 valence electrons. The Bertz CT molecular complexity index is 1320. The van der Waals surface area contributed by atoms with E-state index in [1.54, 1.807) is 42.5 Å². The van der Waals surface area contributed by atoms with Gasteiger partial charge in [0.05, 0.1) is 27.8 Å². The fraction of sp³-hybridized carbons (Fsp3) is 0.0455. The number of carbonyl (C=O) groups is 1. The van der Waals surface area contributed by atoms with E-state index in [-0.39, 0.29) is 10.6 Å². The zero-order valence-electron chi connectivity index (χ0n) is 16.1. The number of para-hydroxylation sites is 3. The van der Waals surface area contributed by atoms with Gasteiger partial charge in [0.15, 0.2) is 0 Å². The summed E-state index contributed by atoms with van der Waals surface area (Å²) in [6.45, 7) is 0. The van der Waals surface area contributed by atoms with Crippen molar-refractivity contribution in [1.29, 1.82) is 0 Å². The number of nitrogens with one attached hydrogen (secondary N) is 1. The van der Waals surface area contributed by atoms with E-state index in [1.807, 2.05) is 24.3 Å². The second-order valence-corrected chi connectivity index (χ2v) is 8.50. The van der Waals surface area contributed by atoms with Crippen LogP contribution in [0.15, 0.2) is 90.0 Å². The smallest absolute Gasteiger partial charge is 0.275 e. The lowest BCUT2D eigenvalue weighted by Crippen LogP contribution is -2.26. The molecular weight excluding hydrogens is 400 g/mol. The summed E-state index contributed by atoms with van der Waals surface area (Å²) in [6, 6.07) is 22.1. The van der Waals surface area contributed by atoms with Crippen molar-refractivity contribution in [2.24, 2.45) is 0 Å². The van der Waals surface area contributed by atoms with Gasteiger partial charge in [-0.1, -0.05) is 36.4 Å². The maximum atomic E-state index is 13.0. The Morgan fingerprint density at radius 2 is 1.60 bits per heavy atom. The third kappa shape index (κ3) is 3.85. The molecule has 0 unspecified atom stereocenters. The fourth-order valence-electron chi connectivity index (χ4n) is 2.93. The van der Waals surface area contributed by atoms with E-state index in [2.05, 4.69) is 15.3 Å². The molecule has 0 saturated carbocycles. The number of sulfonamides is 1. The Morgan fingerprint density at radius 3 is 2.37 bits per heavy atom. The first kappa shape index (κ1) is 19.5. The normalized spacial score (nSPS) is 11.2. The zero-order valence-corrected chi connectivity index (χ0v) is 16.9. The van der Waals surface area contributed by atoms with E-state index < -0.39 is 15.9 Å². The summed E-state index contributed by atoms with van der Waals surface area (Å²) < 4.78 is 27.2. The summed E-state index contributed by atoms with van der Waals surface area (Å²) in [7, 11) is -2.30. The first-order valence-corrected chi connectivity index (χ1v) is 10.6. The van der Waals surface area contributed by atoms with Gasteiger partial charge in [-0.15, -0.1) is 0 Å². The molecule has 0 spiro atoms. The minimum absolute atomic E-state index is 0.0660. The van der Waals surface area contributed by atoms with Gasteiger partial charge in [-0.3, -0.25) is 14.1 Å². The van der Waals surface area contributed by atoms with E-state index in [4.69, 9.17) is 0 Å². The summed E-state index contributed by atoms with van der Waals surface area (Å²) in [5.74, 6) is -0.473. The van der Waals surface area contributed by atoms with Gasteiger partial charge in [-0.05, 0) is 42.5 Å². The fourth-order valence-corrected chi connectivity index (χ4v) is 4.17. The van der Waals surface area contributed by atoms with Crippen molar-refractivity contribution in [3.63, 3.8) is 0 Å². The first-order valence-electron chi connectivity index (χ1n) is 9.12. The molecule has 0 bridgehead atoms. The SMILES string of the molecule is CN(c1ccccc1)S(=O)(=O)c1cccc(NC(=O)c2cnc3ccccc3n2)c1. The molecule has 3 aromatic carbocycles. The van der Waals surface area contributed by atoms with Gasteiger partial charge in [0.2, 0.25) is 0 Å². The van der Waals surface area contributed by atoms with E-state index >= 15 is 0 Å². The highest BCUT2D eigenvalue weighted by Gasteiger charge is 2.22. The largest absolute Gasteiger partial charge is 0.321 e. The van der Waals surface area contributed by atoms with Crippen LogP contribution in [0.5, 0.6) is 0 Å². The van der Waals surface area contributed by atoms with Crippen LogP contribution < -0.4 is 9.62 Å². The highest BCUT2D eigenvalue weighted by Crippen LogP contribution is 2.24. The van der Waals surface area contributed by atoms with Crippen LogP contribution in [-0.4, -0.2) is 31.3 Å². The van der Waals surface area contributed by atoms with Crippen molar-refractivity contribution >= 4 is 38.3 Å². The van der Waals surface area contributed by atoms with Crippen LogP contribution in [0.1, 0.15) is 10.5 Å². The van der Waals surface area contributed by atoms with E-state index in [9.17, 15) is 13.2 Å². The standard InChI is InChI=1S/C22H18N4O3S/c1-26(17-9-3-2-4-10-17)30(28,29)18-11-7-8-16(14-18)24-22(27)21-15-23-19-12-5-6-13-20(19)25-21/h2-15H,1H3,(H,24,27). The molecule has 0 aliphatic rings. The second kappa shape index (κ2) is 7.92. The van der Waals surface area contributed by atoms with Crippen molar-refractivity contribution in [3.8, 4) is 0 Å². The molecular formula is C22H18N4O3S. The predicted octanol–water partition coefficient (Wildman–Crippen LogP) is 3.71. The number of hydrogen-bond acceptors (Lipinski definition) is 5. The minimum atomic E-state index is -3.79. The van der Waals surface area contributed by atoms with Crippen molar-refractivity contribution in [2.45, 2.75) is 4.90 Å². The number of benzene rings is 3. The maximum Gasteiger partial charge on any atom is 0.275 e. The van der Waals surface area contributed by atoms with Crippen molar-refractivity contribution in [1.82, 2.24) is 9.97 Å². The molecule has 8 heteroatoms. The van der Waals surface area contributed by atoms with Crippen LogP contribution in [0.2, 0.25) is 0 Å². The third-order valence-electron chi connectivity index (χ3n) is 4.55. The highest BCUT2D eigenvalue weighted by atomic mass is 32.2. The number of nitrogens with zero attached hydrogens (tertiary/aromatic N) is 3. The molecule has 0 aliphatic carbocycles. The average Bonchev–Trinajstić information content (AvgIpc) is 2.79. The highest BCUT2D eigenvalue weighted by molar-refractivity contribution is 7.92. The van der Waals surface area contributed by atoms with Gasteiger partial charge < -0.3 is 5.32 Å². The van der Waals surface area contributed by atoms with Gasteiger partial charge in [-0.2, -0.15) is 0 Å². The van der Waals surface area contributed by atoms with Crippen LogP contribution in [0.4, 0.5) is 11.4 Å². The number of carbonyl (C=O) groups excluding carboxylic acids is 1. The maximum absolute atomic E-state index is 13.0. The van der Waals surface area contributed by atoms with E-state index in [0.717, 1.165) is 0 Å². The van der Waals surface area contributed by atoms with Crippen molar-refractivity contribution in [3.05, 3.63) is 90.8 Å². The molecule has 0 atom stereocenters. The topological polar surface area (TPSA) is 92.3 Å². The van der Waals surface area contributed by atoms with E-state index in [1.165, 1.54) is 29.7 Å². The molecule has 0 fully saturated rings. The number of hydrogen-bond donors (Lipinski definition) is 1. The monoisotopic (exact) mass is 418 g/mol. The van der Waals surface area contributed by atoms with Gasteiger partial charge in [-0.25, -0.2) is 13.4 Å². The van der Waals surface area contributed by atoms with Crippen LogP contribution in [0.25, 0.3) is 11.0 Å². The van der Waals surface area contributed by atoms with Crippen LogP contribution in [-0.2, 0) is 10.0 Å². The number of aromatic nitrogens is 2. The Morgan fingerprint density at radius 1 is 0.900 bits per heavy atom. The molecule has 7 nitrogen and oxygen atoms in total. The van der Waals surface area contributed by atoms with E-state index in [0.29, 0.717) is 22.4 Å². The lowest BCUT2D eigenvalue weighted by Gasteiger charge is -2.19. The van der Waals surface area contributed by atoms with Gasteiger partial charge >= 0.3 is 0 Å². The molecule has 0 radical (unpaired) electrons. The second-order valence-electron chi connectivity index (χ2n) is 6.53. The Balaban J connectivity index is 1.59. The molecule has 4 rings (SSSR count). The zero-order chi connectivity index (χ0) is 21.1. The van der Waals surface area contributed by atoms with Crippen molar-refractivity contribution < 1.29 is 13.2 Å². The number of fused-ring (bicyclic) bond motifs is 1. The number of rotatable bonds is 5. The minimum Gasteiger partial charge on any atom is -0.321 e. The third-order valence-corrected chi connectivity index (χ3v) is 6.33. The quantitative estimate of drug-likeness (QED) is 0.533. The number of anilines is 2. The van der Waals surface area contributed by atoms with Crippen molar-refractivity contribution in [2.75, 3.05) is 16.7 Å². The van der Waals surface area contributed by atoms with Crippen LogP contribution in [0, 0.1) is 0 Å². The van der Waals surface area contributed by atoms with Gasteiger partial charge in [0.25, 0.3) is 15.9 Å². The summed E-state index contributed by atoms with van der Waals surface area (Å²) in [5.41, 5.74) is 2.32. The summed E-state index contributed by atoms with van der Waals surface area (Å²) in [4.78, 5) is 21.2. The Hall–Kier alpha value is -3.78. The average molecular weight is 418 g/mol. The first-order chi connectivity index (χ1) is 14.4. The summed E-state index contributed by atoms with van der Waals surface area (Å²) in [5, 5.41) is 2.69. The van der Waals surface area contributed by atoms with Gasteiger partial charge in [0, 0.05) is 12.7 Å². The number of amides is 1. The molecule has 4 aromatic rings. The Labute approximate surface area is 174 Å². The lowest BCUT2D eigenvalue weighted by atomic mass is 10.3. The molecule has 1 heterocycles. The summed E-state index contributed by atoms with van der Waals surface area (Å²) in [6.07, 6.45) is 1.39. The predicted molar refractivity (Wildman–Crippen MR) is 116 cm³/mol. The van der Waals surface area contributed by atoms with Crippen LogP contribution in [0.3, 0.4) is 0 Å². The molecule has 1 amide bonds.